The summed E-state index contributed by atoms with van der Waals surface area (Å²) in [6.45, 7) is 11.9. The number of halogens is 1. The van der Waals surface area contributed by atoms with Gasteiger partial charge in [-0.15, -0.1) is 0 Å². The molecule has 0 aliphatic heterocycles. The predicted molar refractivity (Wildman–Crippen MR) is 74.4 cm³/mol. The van der Waals surface area contributed by atoms with E-state index >= 15 is 0 Å². The lowest BCUT2D eigenvalue weighted by Gasteiger charge is -2.28. The first-order valence-corrected chi connectivity index (χ1v) is 6.17. The standard InChI is InChI=1S/C16H18FN/c1-5-13-7-6-8-14(17)15(9-13)18-16-11(3)10(2)12(16)4/h6-7,9,18H,2-3,5,8H2,1,4H3. The fourth-order valence-corrected chi connectivity index (χ4v) is 2.06. The molecule has 18 heavy (non-hydrogen) atoms. The smallest absolute Gasteiger partial charge is 0.127 e. The first-order chi connectivity index (χ1) is 8.54. The van der Waals surface area contributed by atoms with Crippen LogP contribution in [0.3, 0.4) is 0 Å². The molecule has 0 bridgehead atoms. The molecule has 0 aromatic carbocycles. The Kier molecular flexibility index (Phi) is 3.37. The molecule has 0 saturated heterocycles. The van der Waals surface area contributed by atoms with Crippen LogP contribution in [0.4, 0.5) is 4.39 Å². The highest BCUT2D eigenvalue weighted by atomic mass is 19.1. The van der Waals surface area contributed by atoms with E-state index in [2.05, 4.69) is 25.4 Å². The number of nitrogens with one attached hydrogen (secondary N) is 1. The normalized spacial score (nSPS) is 19.8. The monoisotopic (exact) mass is 243 g/mol. The fraction of sp³-hybridized carbons (Fsp3) is 0.250. The third kappa shape index (κ3) is 2.10. The van der Waals surface area contributed by atoms with Crippen LogP contribution in [0.15, 0.2) is 70.9 Å². The van der Waals surface area contributed by atoms with Gasteiger partial charge in [-0.25, -0.2) is 4.39 Å². The zero-order chi connectivity index (χ0) is 13.3. The van der Waals surface area contributed by atoms with Gasteiger partial charge in [0.15, 0.2) is 0 Å². The molecule has 2 aliphatic rings. The van der Waals surface area contributed by atoms with Crippen molar-refractivity contribution in [1.82, 2.24) is 5.32 Å². The molecular weight excluding hydrogens is 225 g/mol. The Hall–Kier alpha value is -1.83. The van der Waals surface area contributed by atoms with Crippen molar-refractivity contribution in [3.63, 3.8) is 0 Å². The number of rotatable bonds is 3. The van der Waals surface area contributed by atoms with E-state index in [0.29, 0.717) is 12.1 Å². The van der Waals surface area contributed by atoms with E-state index in [9.17, 15) is 4.39 Å². The third-order valence-electron chi connectivity index (χ3n) is 3.41. The van der Waals surface area contributed by atoms with Crippen LogP contribution in [0.25, 0.3) is 0 Å². The number of allylic oxidation sites excluding steroid dienone is 7. The molecule has 2 heteroatoms. The average molecular weight is 243 g/mol. The van der Waals surface area contributed by atoms with Gasteiger partial charge in [-0.2, -0.15) is 0 Å². The Balaban J connectivity index is 2.29. The first kappa shape index (κ1) is 12.6. The minimum Gasteiger partial charge on any atom is -0.353 e. The molecule has 0 aromatic rings. The Morgan fingerprint density at radius 1 is 1.33 bits per heavy atom. The van der Waals surface area contributed by atoms with E-state index in [4.69, 9.17) is 0 Å². The lowest BCUT2D eigenvalue weighted by Crippen LogP contribution is -2.23. The van der Waals surface area contributed by atoms with Crippen LogP contribution in [-0.4, -0.2) is 0 Å². The van der Waals surface area contributed by atoms with E-state index in [0.717, 1.165) is 34.4 Å². The molecule has 0 unspecified atom stereocenters. The maximum atomic E-state index is 13.9. The van der Waals surface area contributed by atoms with Gasteiger partial charge in [-0.1, -0.05) is 32.2 Å². The highest BCUT2D eigenvalue weighted by molar-refractivity contribution is 5.67. The summed E-state index contributed by atoms with van der Waals surface area (Å²) in [5.74, 6) is -0.139. The van der Waals surface area contributed by atoms with Crippen LogP contribution in [-0.2, 0) is 0 Å². The zero-order valence-electron chi connectivity index (χ0n) is 10.9. The summed E-state index contributed by atoms with van der Waals surface area (Å²) in [7, 11) is 0. The lowest BCUT2D eigenvalue weighted by molar-refractivity contribution is 0.599. The van der Waals surface area contributed by atoms with Gasteiger partial charge in [0.2, 0.25) is 0 Å². The Bertz CT molecular complexity index is 541. The van der Waals surface area contributed by atoms with Crippen molar-refractivity contribution in [2.45, 2.75) is 26.7 Å². The maximum absolute atomic E-state index is 13.9. The van der Waals surface area contributed by atoms with E-state index in [1.54, 1.807) is 0 Å². The van der Waals surface area contributed by atoms with Crippen LogP contribution >= 0.6 is 0 Å². The second kappa shape index (κ2) is 4.81. The van der Waals surface area contributed by atoms with Gasteiger partial charge >= 0.3 is 0 Å². The minimum absolute atomic E-state index is 0.139. The zero-order valence-corrected chi connectivity index (χ0v) is 10.9. The average Bonchev–Trinajstić information content (AvgIpc) is 2.56. The summed E-state index contributed by atoms with van der Waals surface area (Å²) in [6, 6.07) is 0. The molecular formula is C16H18FN. The molecule has 2 aliphatic carbocycles. The quantitative estimate of drug-likeness (QED) is 0.772. The maximum Gasteiger partial charge on any atom is 0.127 e. The molecule has 94 valence electrons. The Morgan fingerprint density at radius 2 is 2.06 bits per heavy atom. The number of hydrogen-bond acceptors (Lipinski definition) is 1. The van der Waals surface area contributed by atoms with Crippen LogP contribution in [0.5, 0.6) is 0 Å². The molecule has 1 N–H and O–H groups in total. The van der Waals surface area contributed by atoms with Crippen molar-refractivity contribution < 1.29 is 4.39 Å². The van der Waals surface area contributed by atoms with Gasteiger partial charge in [0.05, 0.1) is 5.70 Å². The van der Waals surface area contributed by atoms with Crippen LogP contribution in [0.2, 0.25) is 0 Å². The summed E-state index contributed by atoms with van der Waals surface area (Å²) in [5.41, 5.74) is 5.44. The molecule has 0 saturated carbocycles. The topological polar surface area (TPSA) is 12.0 Å². The molecule has 0 radical (unpaired) electrons. The highest BCUT2D eigenvalue weighted by Gasteiger charge is 2.23. The van der Waals surface area contributed by atoms with Crippen molar-refractivity contribution in [2.75, 3.05) is 0 Å². The Labute approximate surface area is 108 Å². The molecule has 1 nitrogen and oxygen atoms in total. The summed E-state index contributed by atoms with van der Waals surface area (Å²) in [5, 5.41) is 3.15. The van der Waals surface area contributed by atoms with Crippen LogP contribution in [0, 0.1) is 0 Å². The van der Waals surface area contributed by atoms with Crippen molar-refractivity contribution in [3.05, 3.63) is 70.9 Å². The van der Waals surface area contributed by atoms with Crippen LogP contribution in [0.1, 0.15) is 26.7 Å². The number of hydrogen-bond donors (Lipinski definition) is 1. The van der Waals surface area contributed by atoms with Gasteiger partial charge in [-0.3, -0.25) is 0 Å². The molecule has 0 spiro atoms. The summed E-state index contributed by atoms with van der Waals surface area (Å²) >= 11 is 0. The van der Waals surface area contributed by atoms with E-state index in [1.165, 1.54) is 0 Å². The second-order valence-electron chi connectivity index (χ2n) is 4.58. The van der Waals surface area contributed by atoms with Crippen molar-refractivity contribution in [2.24, 2.45) is 0 Å². The van der Waals surface area contributed by atoms with Crippen LogP contribution < -0.4 is 5.32 Å². The summed E-state index contributed by atoms with van der Waals surface area (Å²) < 4.78 is 13.9. The fourth-order valence-electron chi connectivity index (χ4n) is 2.06. The van der Waals surface area contributed by atoms with Gasteiger partial charge in [0.1, 0.15) is 5.83 Å². The summed E-state index contributed by atoms with van der Waals surface area (Å²) in [4.78, 5) is 0. The summed E-state index contributed by atoms with van der Waals surface area (Å²) in [6.07, 6.45) is 6.93. The van der Waals surface area contributed by atoms with Gasteiger partial charge in [0.25, 0.3) is 0 Å². The minimum atomic E-state index is -0.139. The molecule has 0 heterocycles. The molecule has 2 rings (SSSR count). The van der Waals surface area contributed by atoms with Crippen molar-refractivity contribution >= 4 is 0 Å². The predicted octanol–water partition coefficient (Wildman–Crippen LogP) is 4.45. The lowest BCUT2D eigenvalue weighted by atomic mass is 9.85. The SMILES string of the molecule is C=C1C(=C)C(NC2=C(F)CC=CC(CC)=C2)=C1C. The largest absolute Gasteiger partial charge is 0.353 e. The van der Waals surface area contributed by atoms with E-state index < -0.39 is 0 Å². The van der Waals surface area contributed by atoms with Gasteiger partial charge in [-0.05, 0) is 41.7 Å². The highest BCUT2D eigenvalue weighted by Crippen LogP contribution is 2.36. The first-order valence-electron chi connectivity index (χ1n) is 6.17. The Morgan fingerprint density at radius 3 is 2.67 bits per heavy atom. The van der Waals surface area contributed by atoms with Gasteiger partial charge in [0, 0.05) is 12.1 Å². The molecule has 0 amide bonds. The van der Waals surface area contributed by atoms with Crippen molar-refractivity contribution in [1.29, 1.82) is 0 Å². The van der Waals surface area contributed by atoms with E-state index in [-0.39, 0.29) is 5.83 Å². The van der Waals surface area contributed by atoms with E-state index in [1.807, 2.05) is 25.2 Å². The molecule has 0 atom stereocenters. The van der Waals surface area contributed by atoms with Gasteiger partial charge < -0.3 is 5.32 Å². The molecule has 0 aromatic heterocycles. The molecule has 0 fully saturated rings. The second-order valence-corrected chi connectivity index (χ2v) is 4.58. The third-order valence-corrected chi connectivity index (χ3v) is 3.41. The van der Waals surface area contributed by atoms with Crippen molar-refractivity contribution in [3.8, 4) is 0 Å².